The molecule has 5 aliphatic rings. The Morgan fingerprint density at radius 2 is 1.57 bits per heavy atom. The van der Waals surface area contributed by atoms with Crippen LogP contribution in [0.2, 0.25) is 0 Å². The molecule has 4 fully saturated rings. The number of carbonyl (C=O) groups is 2. The second kappa shape index (κ2) is 17.8. The Labute approximate surface area is 345 Å². The number of carboxylic acid groups (broad SMARTS) is 1. The van der Waals surface area contributed by atoms with Crippen molar-refractivity contribution < 1.29 is 83.3 Å². The summed E-state index contributed by atoms with van der Waals surface area (Å²) in [7, 11) is 0. The summed E-state index contributed by atoms with van der Waals surface area (Å²) < 4.78 is 33.4. The quantitative estimate of drug-likeness (QED) is 0.196. The summed E-state index contributed by atoms with van der Waals surface area (Å²) in [5.41, 5.74) is -1.64. The van der Waals surface area contributed by atoms with Crippen LogP contribution in [-0.2, 0) is 33.3 Å². The molecule has 4 saturated heterocycles. The van der Waals surface area contributed by atoms with Crippen molar-refractivity contribution in [3.8, 4) is 0 Å². The number of carboxylic acids is 1. The second-order valence-electron chi connectivity index (χ2n) is 17.9. The first-order valence-electron chi connectivity index (χ1n) is 20.7. The van der Waals surface area contributed by atoms with Crippen molar-refractivity contribution in [2.75, 3.05) is 0 Å². The topological polar surface area (TPSA) is 164 Å². The van der Waals surface area contributed by atoms with Crippen molar-refractivity contribution in [3.63, 3.8) is 0 Å². The van der Waals surface area contributed by atoms with Crippen molar-refractivity contribution in [3.05, 3.63) is 12.2 Å². The summed E-state index contributed by atoms with van der Waals surface area (Å²) in [6.07, 6.45) is 5.22. The first kappa shape index (κ1) is 46.3. The standard InChI is InChI=1S/C42H70O11.Na/c1-11-29(38(46)47)31-15-14-23(4)36(50-31)27(8)34(44)26(7)35(45)30(12-2)37-24(5)22-25(6)41(51-37)19-16-32(43)42(53-41)21-20-39(10,52-42)33-17-18-40(48,13-3)28(9)49-33;/h16,19,23-34,36-37,43-44,48H,11-15,17-18,20-22H2,1-10H3,(H,46,47);/q;+1/p-1/t23-,24-,25+,26-,27-,28-,29+,30-,31+,32+,33+,34+,36+,37?,39-,40+,41?,42-;/m0./s1. The van der Waals surface area contributed by atoms with E-state index in [0.717, 1.165) is 6.42 Å². The summed E-state index contributed by atoms with van der Waals surface area (Å²) in [5.74, 6) is -6.24. The van der Waals surface area contributed by atoms with E-state index < -0.39 is 82.9 Å². The van der Waals surface area contributed by atoms with Crippen molar-refractivity contribution in [2.24, 2.45) is 41.4 Å². The molecule has 54 heavy (non-hydrogen) atoms. The van der Waals surface area contributed by atoms with E-state index >= 15 is 0 Å². The van der Waals surface area contributed by atoms with Gasteiger partial charge in [0, 0.05) is 42.0 Å². The third kappa shape index (κ3) is 8.63. The molecule has 5 aliphatic heterocycles. The van der Waals surface area contributed by atoms with Crippen molar-refractivity contribution in [1.82, 2.24) is 0 Å². The molecule has 12 heteroatoms. The first-order chi connectivity index (χ1) is 24.8. The summed E-state index contributed by atoms with van der Waals surface area (Å²) in [5, 5.41) is 46.0. The zero-order chi connectivity index (χ0) is 39.3. The van der Waals surface area contributed by atoms with Crippen LogP contribution in [0.1, 0.15) is 133 Å². The second-order valence-corrected chi connectivity index (χ2v) is 17.9. The number of carbonyl (C=O) groups excluding carboxylic acids is 2. The Morgan fingerprint density at radius 1 is 0.907 bits per heavy atom. The number of aliphatic hydroxyl groups is 3. The van der Waals surface area contributed by atoms with Gasteiger partial charge in [-0.25, -0.2) is 0 Å². The number of aliphatic hydroxyl groups excluding tert-OH is 2. The van der Waals surface area contributed by atoms with Gasteiger partial charge in [-0.05, 0) is 95.6 Å². The van der Waals surface area contributed by atoms with Crippen LogP contribution in [0.15, 0.2) is 12.2 Å². The molecule has 0 aliphatic carbocycles. The average molecular weight is 773 g/mol. The van der Waals surface area contributed by atoms with Crippen LogP contribution in [0.5, 0.6) is 0 Å². The zero-order valence-electron chi connectivity index (χ0n) is 34.9. The maximum absolute atomic E-state index is 14.4. The Balaban J connectivity index is 0.00000650. The fourth-order valence-corrected chi connectivity index (χ4v) is 10.5. The minimum Gasteiger partial charge on any atom is -0.550 e. The van der Waals surface area contributed by atoms with Crippen molar-refractivity contribution in [1.29, 1.82) is 0 Å². The minimum atomic E-state index is -1.37. The maximum atomic E-state index is 14.4. The number of Topliss-reactive ketones (excluding diaryl/α,β-unsaturated/α-hetero) is 1. The third-order valence-electron chi connectivity index (χ3n) is 14.4. The normalized spacial score (nSPS) is 45.3. The van der Waals surface area contributed by atoms with Gasteiger partial charge < -0.3 is 48.9 Å². The fourth-order valence-electron chi connectivity index (χ4n) is 10.5. The largest absolute Gasteiger partial charge is 1.00 e. The number of rotatable bonds is 12. The van der Waals surface area contributed by atoms with E-state index in [0.29, 0.717) is 57.8 Å². The van der Waals surface area contributed by atoms with E-state index in [4.69, 9.17) is 23.7 Å². The molecule has 2 unspecified atom stereocenters. The van der Waals surface area contributed by atoms with E-state index in [9.17, 15) is 30.0 Å². The molecule has 0 amide bonds. The van der Waals surface area contributed by atoms with Crippen LogP contribution < -0.4 is 34.7 Å². The number of ether oxygens (including phenoxy) is 5. The molecule has 0 aromatic rings. The molecule has 304 valence electrons. The van der Waals surface area contributed by atoms with Crippen LogP contribution in [0.4, 0.5) is 0 Å². The fraction of sp³-hybridized carbons (Fsp3) is 0.905. The van der Waals surface area contributed by atoms with Gasteiger partial charge in [0.05, 0.1) is 47.8 Å². The van der Waals surface area contributed by atoms with Crippen LogP contribution >= 0.6 is 0 Å². The monoisotopic (exact) mass is 772 g/mol. The van der Waals surface area contributed by atoms with Gasteiger partial charge in [-0.2, -0.15) is 0 Å². The molecule has 3 N–H and O–H groups in total. The molecular formula is C42H69NaO11. The Kier molecular flexibility index (Phi) is 15.3. The number of hydrogen-bond acceptors (Lipinski definition) is 11. The van der Waals surface area contributed by atoms with Gasteiger partial charge in [-0.3, -0.25) is 4.79 Å². The molecule has 18 atom stereocenters. The Hall–Kier alpha value is -0.440. The van der Waals surface area contributed by atoms with Crippen molar-refractivity contribution >= 4 is 11.8 Å². The molecule has 0 radical (unpaired) electrons. The van der Waals surface area contributed by atoms with E-state index in [1.54, 1.807) is 19.1 Å². The molecular weight excluding hydrogens is 703 g/mol. The van der Waals surface area contributed by atoms with Gasteiger partial charge >= 0.3 is 29.6 Å². The molecule has 0 aromatic carbocycles. The minimum absolute atomic E-state index is 0. The number of hydrogen-bond donors (Lipinski definition) is 3. The molecule has 5 heterocycles. The summed E-state index contributed by atoms with van der Waals surface area (Å²) in [6.45, 7) is 19.5. The SMILES string of the molecule is CC[C@@H](C(=O)[C@@H](C)[C@@H](O)[C@H](C)[C@@H]1O[C@@H]([C@@H](CC)C(=O)[O-])CC[C@@H]1C)C1OC2(C=C[C@@H](O)[C@]3(CC[C@@](C)([C@H]4CC[C@](O)(CC)[C@H](C)O4)O3)O2)[C@H](C)C[C@@H]1C.[Na+]. The first-order valence-corrected chi connectivity index (χ1v) is 20.7. The molecule has 0 saturated carbocycles. The Bertz CT molecular complexity index is 1330. The van der Waals surface area contributed by atoms with Crippen molar-refractivity contribution in [2.45, 2.75) is 199 Å². The van der Waals surface area contributed by atoms with E-state index in [1.165, 1.54) is 0 Å². The van der Waals surface area contributed by atoms with Crippen LogP contribution in [0.25, 0.3) is 0 Å². The van der Waals surface area contributed by atoms with Gasteiger partial charge in [0.15, 0.2) is 5.79 Å². The van der Waals surface area contributed by atoms with Gasteiger partial charge in [-0.1, -0.05) is 55.4 Å². The molecule has 2 spiro atoms. The number of aliphatic carboxylic acids is 1. The Morgan fingerprint density at radius 3 is 2.17 bits per heavy atom. The number of ketones is 1. The molecule has 5 rings (SSSR count). The predicted octanol–water partition coefficient (Wildman–Crippen LogP) is 1.86. The van der Waals surface area contributed by atoms with Gasteiger partial charge in [0.1, 0.15) is 11.9 Å². The van der Waals surface area contributed by atoms with E-state index in [2.05, 4.69) is 20.8 Å². The van der Waals surface area contributed by atoms with Crippen LogP contribution in [-0.4, -0.2) is 92.6 Å². The van der Waals surface area contributed by atoms with Gasteiger partial charge in [0.2, 0.25) is 5.79 Å². The van der Waals surface area contributed by atoms with E-state index in [-0.39, 0.29) is 65.3 Å². The van der Waals surface area contributed by atoms with Crippen LogP contribution in [0.3, 0.4) is 0 Å². The smallest absolute Gasteiger partial charge is 0.550 e. The van der Waals surface area contributed by atoms with Crippen LogP contribution in [0, 0.1) is 41.4 Å². The molecule has 0 bridgehead atoms. The van der Waals surface area contributed by atoms with E-state index in [1.807, 2.05) is 41.5 Å². The van der Waals surface area contributed by atoms with Gasteiger partial charge in [0.25, 0.3) is 0 Å². The van der Waals surface area contributed by atoms with Gasteiger partial charge in [-0.15, -0.1) is 0 Å². The summed E-state index contributed by atoms with van der Waals surface area (Å²) in [6, 6.07) is 0. The third-order valence-corrected chi connectivity index (χ3v) is 14.4. The summed E-state index contributed by atoms with van der Waals surface area (Å²) in [4.78, 5) is 26.2. The zero-order valence-corrected chi connectivity index (χ0v) is 36.9. The molecule has 0 aromatic heterocycles. The maximum Gasteiger partial charge on any atom is 1.00 e. The predicted molar refractivity (Wildman–Crippen MR) is 196 cm³/mol. The molecule has 11 nitrogen and oxygen atoms in total. The average Bonchev–Trinajstić information content (AvgIpc) is 3.47. The summed E-state index contributed by atoms with van der Waals surface area (Å²) >= 11 is 0.